The van der Waals surface area contributed by atoms with Gasteiger partial charge in [-0.1, -0.05) is 54.9 Å². The average molecular weight is 233 g/mol. The first-order chi connectivity index (χ1) is 8.85. The molecule has 0 amide bonds. The van der Waals surface area contributed by atoms with E-state index in [0.717, 1.165) is 23.0 Å². The summed E-state index contributed by atoms with van der Waals surface area (Å²) in [5.74, 6) is 0. The smallest absolute Gasteiger partial charge is 0.240 e. The van der Waals surface area contributed by atoms with Gasteiger partial charge in [-0.3, -0.25) is 0 Å². The fourth-order valence-corrected chi connectivity index (χ4v) is 2.09. The molecule has 0 spiro atoms. The fourth-order valence-electron chi connectivity index (χ4n) is 2.09. The van der Waals surface area contributed by atoms with Gasteiger partial charge in [-0.25, -0.2) is 0 Å². The van der Waals surface area contributed by atoms with Crippen LogP contribution in [0, 0.1) is 0 Å². The SMILES string of the molecule is CCc1ccc([B]c2cc3ccccc3o2)cc1. The molecule has 2 aromatic carbocycles. The summed E-state index contributed by atoms with van der Waals surface area (Å²) in [7, 11) is 2.07. The number of hydrogen-bond acceptors (Lipinski definition) is 1. The van der Waals surface area contributed by atoms with E-state index < -0.39 is 0 Å². The quantitative estimate of drug-likeness (QED) is 0.634. The Hall–Kier alpha value is -1.96. The predicted octanol–water partition coefficient (Wildman–Crippen LogP) is 2.65. The van der Waals surface area contributed by atoms with Crippen LogP contribution in [-0.4, -0.2) is 7.28 Å². The molecule has 0 bridgehead atoms. The number of aryl methyl sites for hydroxylation is 1. The summed E-state index contributed by atoms with van der Waals surface area (Å²) >= 11 is 0. The van der Waals surface area contributed by atoms with E-state index in [-0.39, 0.29) is 0 Å². The van der Waals surface area contributed by atoms with Crippen LogP contribution in [0.15, 0.2) is 59.0 Å². The zero-order valence-corrected chi connectivity index (χ0v) is 10.4. The van der Waals surface area contributed by atoms with Crippen molar-refractivity contribution in [2.75, 3.05) is 0 Å². The minimum Gasteiger partial charge on any atom is -0.472 e. The second-order valence-corrected chi connectivity index (χ2v) is 4.43. The summed E-state index contributed by atoms with van der Waals surface area (Å²) in [6.45, 7) is 2.16. The molecule has 18 heavy (non-hydrogen) atoms. The Morgan fingerprint density at radius 2 is 1.78 bits per heavy atom. The van der Waals surface area contributed by atoms with Gasteiger partial charge in [-0.05, 0) is 24.1 Å². The van der Waals surface area contributed by atoms with E-state index >= 15 is 0 Å². The van der Waals surface area contributed by atoms with Gasteiger partial charge in [-0.2, -0.15) is 0 Å². The standard InChI is InChI=1S/C16H14BO/c1-2-12-7-9-14(10-8-12)17-16-11-13-5-3-4-6-15(13)18-16/h3-11H,2H2,1H3. The molecule has 0 aliphatic heterocycles. The molecule has 3 rings (SSSR count). The first-order valence-corrected chi connectivity index (χ1v) is 6.27. The molecule has 1 heterocycles. The molecule has 0 aliphatic rings. The Balaban J connectivity index is 1.86. The highest BCUT2D eigenvalue weighted by Gasteiger charge is 2.05. The number of rotatable bonds is 3. The number of furan rings is 1. The van der Waals surface area contributed by atoms with Crippen molar-refractivity contribution in [3.63, 3.8) is 0 Å². The van der Waals surface area contributed by atoms with Gasteiger partial charge in [0.2, 0.25) is 7.28 Å². The Morgan fingerprint density at radius 3 is 2.50 bits per heavy atom. The largest absolute Gasteiger partial charge is 0.472 e. The van der Waals surface area contributed by atoms with Gasteiger partial charge in [0, 0.05) is 5.39 Å². The van der Waals surface area contributed by atoms with Gasteiger partial charge < -0.3 is 4.42 Å². The van der Waals surface area contributed by atoms with Crippen molar-refractivity contribution in [3.8, 4) is 0 Å². The van der Waals surface area contributed by atoms with E-state index in [1.54, 1.807) is 0 Å². The lowest BCUT2D eigenvalue weighted by Gasteiger charge is -1.99. The van der Waals surface area contributed by atoms with Crippen molar-refractivity contribution < 1.29 is 4.42 Å². The second kappa shape index (κ2) is 4.73. The second-order valence-electron chi connectivity index (χ2n) is 4.43. The van der Waals surface area contributed by atoms with Crippen molar-refractivity contribution in [1.82, 2.24) is 0 Å². The van der Waals surface area contributed by atoms with E-state index in [0.29, 0.717) is 0 Å². The molecule has 1 aromatic heterocycles. The lowest BCUT2D eigenvalue weighted by atomic mass is 9.68. The summed E-state index contributed by atoms with van der Waals surface area (Å²) in [5.41, 5.74) is 4.37. The van der Waals surface area contributed by atoms with E-state index in [1.165, 1.54) is 11.0 Å². The van der Waals surface area contributed by atoms with Crippen LogP contribution < -0.4 is 11.1 Å². The third-order valence-corrected chi connectivity index (χ3v) is 3.14. The third-order valence-electron chi connectivity index (χ3n) is 3.14. The maximum atomic E-state index is 5.77. The van der Waals surface area contributed by atoms with Crippen LogP contribution in [0.25, 0.3) is 11.0 Å². The number of fused-ring (bicyclic) bond motifs is 1. The number of hydrogen-bond donors (Lipinski definition) is 0. The Bertz CT molecular complexity index is 619. The van der Waals surface area contributed by atoms with Crippen molar-refractivity contribution in [1.29, 1.82) is 0 Å². The average Bonchev–Trinajstić information content (AvgIpc) is 2.82. The van der Waals surface area contributed by atoms with Crippen LogP contribution in [0.4, 0.5) is 0 Å². The summed E-state index contributed by atoms with van der Waals surface area (Å²) in [4.78, 5) is 0. The van der Waals surface area contributed by atoms with E-state index in [2.05, 4.69) is 50.6 Å². The number of para-hydroxylation sites is 1. The molecule has 0 saturated carbocycles. The van der Waals surface area contributed by atoms with Gasteiger partial charge in [0.15, 0.2) is 0 Å². The van der Waals surface area contributed by atoms with Gasteiger partial charge >= 0.3 is 0 Å². The minimum absolute atomic E-state index is 0.903. The molecule has 87 valence electrons. The van der Waals surface area contributed by atoms with Gasteiger partial charge in [0.05, 0.1) is 5.66 Å². The minimum atomic E-state index is 0.903. The monoisotopic (exact) mass is 233 g/mol. The van der Waals surface area contributed by atoms with Crippen LogP contribution in [0.5, 0.6) is 0 Å². The molecule has 0 fully saturated rings. The first kappa shape index (κ1) is 11.2. The lowest BCUT2D eigenvalue weighted by molar-refractivity contribution is 0.652. The highest BCUT2D eigenvalue weighted by atomic mass is 16.3. The highest BCUT2D eigenvalue weighted by Crippen LogP contribution is 2.12. The van der Waals surface area contributed by atoms with E-state index in [1.807, 2.05) is 18.2 Å². The molecule has 0 saturated heterocycles. The summed E-state index contributed by atoms with van der Waals surface area (Å²) in [6.07, 6.45) is 1.07. The van der Waals surface area contributed by atoms with Crippen molar-refractivity contribution in [2.45, 2.75) is 13.3 Å². The Labute approximate surface area is 108 Å². The van der Waals surface area contributed by atoms with Crippen molar-refractivity contribution >= 4 is 29.4 Å². The third kappa shape index (κ3) is 2.19. The van der Waals surface area contributed by atoms with Crippen LogP contribution in [0.1, 0.15) is 12.5 Å². The van der Waals surface area contributed by atoms with Crippen molar-refractivity contribution in [2.24, 2.45) is 0 Å². The zero-order valence-electron chi connectivity index (χ0n) is 10.4. The number of benzene rings is 2. The Kier molecular flexibility index (Phi) is 2.93. The molecule has 0 atom stereocenters. The van der Waals surface area contributed by atoms with Gasteiger partial charge in [0.25, 0.3) is 0 Å². The first-order valence-electron chi connectivity index (χ1n) is 6.27. The highest BCUT2D eigenvalue weighted by molar-refractivity contribution is 6.66. The van der Waals surface area contributed by atoms with Crippen LogP contribution in [0.2, 0.25) is 0 Å². The van der Waals surface area contributed by atoms with Crippen molar-refractivity contribution in [3.05, 3.63) is 60.2 Å². The summed E-state index contributed by atoms with van der Waals surface area (Å²) in [5, 5.41) is 1.15. The molecule has 0 aliphatic carbocycles. The normalized spacial score (nSPS) is 10.7. The van der Waals surface area contributed by atoms with E-state index in [9.17, 15) is 0 Å². The molecule has 0 N–H and O–H groups in total. The lowest BCUT2D eigenvalue weighted by Crippen LogP contribution is -2.25. The molecule has 1 nitrogen and oxygen atoms in total. The van der Waals surface area contributed by atoms with Crippen LogP contribution >= 0.6 is 0 Å². The molecule has 2 heteroatoms. The van der Waals surface area contributed by atoms with Crippen LogP contribution in [-0.2, 0) is 6.42 Å². The Morgan fingerprint density at radius 1 is 1.00 bits per heavy atom. The molecular weight excluding hydrogens is 219 g/mol. The van der Waals surface area contributed by atoms with E-state index in [4.69, 9.17) is 4.42 Å². The fraction of sp³-hybridized carbons (Fsp3) is 0.125. The van der Waals surface area contributed by atoms with Gasteiger partial charge in [0.1, 0.15) is 5.58 Å². The molecular formula is C16H14BO. The topological polar surface area (TPSA) is 13.1 Å². The predicted molar refractivity (Wildman–Crippen MR) is 77.1 cm³/mol. The maximum Gasteiger partial charge on any atom is 0.240 e. The summed E-state index contributed by atoms with van der Waals surface area (Å²) in [6, 6.07) is 18.7. The van der Waals surface area contributed by atoms with Crippen LogP contribution in [0.3, 0.4) is 0 Å². The molecule has 0 unspecified atom stereocenters. The zero-order chi connectivity index (χ0) is 12.4. The maximum absolute atomic E-state index is 5.77. The molecule has 3 aromatic rings. The van der Waals surface area contributed by atoms with Gasteiger partial charge in [-0.15, -0.1) is 0 Å². The molecule has 1 radical (unpaired) electrons. The summed E-state index contributed by atoms with van der Waals surface area (Å²) < 4.78 is 5.77.